The van der Waals surface area contributed by atoms with Gasteiger partial charge < -0.3 is 28.8 Å². The van der Waals surface area contributed by atoms with E-state index in [-0.39, 0.29) is 73.5 Å². The summed E-state index contributed by atoms with van der Waals surface area (Å²) >= 11 is 0. The summed E-state index contributed by atoms with van der Waals surface area (Å²) < 4.78 is 28.7. The van der Waals surface area contributed by atoms with E-state index in [1.807, 2.05) is 55.4 Å². The first-order chi connectivity index (χ1) is 27.6. The fraction of sp³-hybridized carbons (Fsp3) is 0.922. The molecule has 10 nitrogen and oxygen atoms in total. The van der Waals surface area contributed by atoms with Gasteiger partial charge in [0.25, 0.3) is 0 Å². The number of fused-ring (bicyclic) bond motifs is 10. The van der Waals surface area contributed by atoms with Gasteiger partial charge in [-0.3, -0.25) is 19.2 Å². The molecule has 8 aliphatic carbocycles. The maximum Gasteiger partial charge on any atom is 0.312 e. The summed E-state index contributed by atoms with van der Waals surface area (Å²) in [6, 6.07) is 0. The van der Waals surface area contributed by atoms with Crippen LogP contribution in [-0.4, -0.2) is 70.2 Å². The van der Waals surface area contributed by atoms with Gasteiger partial charge in [0.1, 0.15) is 17.3 Å². The highest BCUT2D eigenvalue weighted by molar-refractivity contribution is 5.79. The summed E-state index contributed by atoms with van der Waals surface area (Å²) in [5, 5.41) is 10.6. The number of carbonyl (C=O) groups excluding carboxylic acids is 4. The quantitative estimate of drug-likeness (QED) is 0.129. The van der Waals surface area contributed by atoms with E-state index in [1.54, 1.807) is 0 Å². The predicted octanol–water partition coefficient (Wildman–Crippen LogP) is 10.2. The Bertz CT molecular complexity index is 1650. The summed E-state index contributed by atoms with van der Waals surface area (Å²) in [4.78, 5) is 48.7. The standard InChI is InChI=1S/C20H32O2.C16H26O3.C13H18O5.2CH4/c1-5-19(3,4)18(21)22-20(6-2)11-14-10-15(20)17-13-8-7-12(9-13)16(14)17;1-4-14(2,3)13(17)19-16-8-11-5-12(9-16)7-15(18,6-11)10-16;1-4-13(2,3)12(15)18-9-7-5-6-8(16-7)10(9)17-11(6)14;;/h12-17H,5-11H2,1-4H3;11-12,18H,4-10H2,1-3H3;6-10H,4-5H2,1-3H3;2*1H4. The van der Waals surface area contributed by atoms with E-state index in [4.69, 9.17) is 23.7 Å². The minimum absolute atomic E-state index is 0. The Kier molecular flexibility index (Phi) is 13.2. The molecule has 0 spiro atoms. The summed E-state index contributed by atoms with van der Waals surface area (Å²) in [5.74, 6) is 5.84. The first-order valence-corrected chi connectivity index (χ1v) is 23.9. The molecule has 14 unspecified atom stereocenters. The molecule has 10 bridgehead atoms. The van der Waals surface area contributed by atoms with Crippen LogP contribution in [0.1, 0.15) is 187 Å². The van der Waals surface area contributed by atoms with Gasteiger partial charge in [0.05, 0.1) is 33.9 Å². The molecular weight excluding hydrogens is 773 g/mol. The second-order valence-electron chi connectivity index (χ2n) is 23.3. The Morgan fingerprint density at radius 3 is 1.80 bits per heavy atom. The van der Waals surface area contributed by atoms with Gasteiger partial charge in [0, 0.05) is 12.3 Å². The summed E-state index contributed by atoms with van der Waals surface area (Å²) in [6.07, 6.45) is 15.4. The summed E-state index contributed by atoms with van der Waals surface area (Å²) in [7, 11) is 0. The molecule has 14 atom stereocenters. The van der Waals surface area contributed by atoms with Crippen LogP contribution in [0.3, 0.4) is 0 Å². The molecule has 0 radical (unpaired) electrons. The molecule has 3 saturated heterocycles. The fourth-order valence-electron chi connectivity index (χ4n) is 14.3. The highest BCUT2D eigenvalue weighted by atomic mass is 16.7. The van der Waals surface area contributed by atoms with Crippen LogP contribution in [0.4, 0.5) is 0 Å². The van der Waals surface area contributed by atoms with Crippen molar-refractivity contribution in [3.05, 3.63) is 0 Å². The van der Waals surface area contributed by atoms with E-state index in [9.17, 15) is 24.3 Å². The largest absolute Gasteiger partial charge is 0.459 e. The van der Waals surface area contributed by atoms with Crippen LogP contribution in [0.5, 0.6) is 0 Å². The highest BCUT2D eigenvalue weighted by Gasteiger charge is 2.68. The lowest BCUT2D eigenvalue weighted by molar-refractivity contribution is -0.225. The third-order valence-corrected chi connectivity index (χ3v) is 18.4. The lowest BCUT2D eigenvalue weighted by Crippen LogP contribution is -2.61. The van der Waals surface area contributed by atoms with Crippen LogP contribution in [0.2, 0.25) is 0 Å². The van der Waals surface area contributed by atoms with Gasteiger partial charge >= 0.3 is 23.9 Å². The Morgan fingerprint density at radius 1 is 0.689 bits per heavy atom. The van der Waals surface area contributed by atoms with Crippen LogP contribution in [0.15, 0.2) is 0 Å². The van der Waals surface area contributed by atoms with E-state index in [2.05, 4.69) is 13.8 Å². The van der Waals surface area contributed by atoms with Crippen molar-refractivity contribution < 1.29 is 48.0 Å². The molecule has 0 aromatic heterocycles. The van der Waals surface area contributed by atoms with Gasteiger partial charge in [0.2, 0.25) is 0 Å². The predicted molar refractivity (Wildman–Crippen MR) is 234 cm³/mol. The second kappa shape index (κ2) is 16.7. The number of hydrogen-bond acceptors (Lipinski definition) is 10. The van der Waals surface area contributed by atoms with Crippen LogP contribution in [0, 0.1) is 69.5 Å². The lowest BCUT2D eigenvalue weighted by Gasteiger charge is -2.59. The van der Waals surface area contributed by atoms with Crippen LogP contribution in [-0.2, 0) is 42.9 Å². The third kappa shape index (κ3) is 8.24. The lowest BCUT2D eigenvalue weighted by atomic mass is 9.52. The Hall–Kier alpha value is -2.20. The monoisotopic (exact) mass is 857 g/mol. The molecule has 3 aliphatic heterocycles. The average molecular weight is 857 g/mol. The molecule has 3 heterocycles. The molecule has 11 rings (SSSR count). The topological polar surface area (TPSA) is 135 Å². The minimum Gasteiger partial charge on any atom is -0.459 e. The summed E-state index contributed by atoms with van der Waals surface area (Å²) in [5.41, 5.74) is -2.29. The molecule has 11 fully saturated rings. The van der Waals surface area contributed by atoms with E-state index in [0.29, 0.717) is 37.0 Å². The minimum atomic E-state index is -0.555. The summed E-state index contributed by atoms with van der Waals surface area (Å²) in [6.45, 7) is 20.0. The third-order valence-electron chi connectivity index (χ3n) is 18.4. The van der Waals surface area contributed by atoms with Gasteiger partial charge in [-0.25, -0.2) is 0 Å². The molecule has 11 aliphatic rings. The van der Waals surface area contributed by atoms with Crippen LogP contribution in [0.25, 0.3) is 0 Å². The van der Waals surface area contributed by atoms with E-state index < -0.39 is 28.6 Å². The SMILES string of the molecule is C.C.CCC(C)(C)C(=O)OC1(CC)CC2CC1C1C3CCC(C3)C21.CCC(C)(C)C(=O)OC12CC3CC(CC(O)(C3)C1)C2.CCC(C)(C)C(=O)OC1C2CC3C(=O)OC1C3O2. The number of aliphatic hydroxyl groups is 1. The van der Waals surface area contributed by atoms with Crippen LogP contribution >= 0.6 is 0 Å². The van der Waals surface area contributed by atoms with Gasteiger partial charge in [-0.2, -0.15) is 0 Å². The van der Waals surface area contributed by atoms with E-state index >= 15 is 0 Å². The van der Waals surface area contributed by atoms with Gasteiger partial charge in [-0.1, -0.05) is 42.5 Å². The van der Waals surface area contributed by atoms with Crippen molar-refractivity contribution in [1.82, 2.24) is 0 Å². The van der Waals surface area contributed by atoms with E-state index in [0.717, 1.165) is 81.0 Å². The molecule has 348 valence electrons. The smallest absolute Gasteiger partial charge is 0.312 e. The molecule has 0 aromatic rings. The van der Waals surface area contributed by atoms with Crippen molar-refractivity contribution in [3.8, 4) is 0 Å². The molecule has 1 N–H and O–H groups in total. The molecular formula is C51H84O10. The van der Waals surface area contributed by atoms with Crippen molar-refractivity contribution in [2.24, 2.45) is 69.5 Å². The van der Waals surface area contributed by atoms with Crippen molar-refractivity contribution in [2.45, 2.75) is 228 Å². The van der Waals surface area contributed by atoms with Crippen LogP contribution < -0.4 is 0 Å². The van der Waals surface area contributed by atoms with Crippen molar-refractivity contribution in [2.75, 3.05) is 0 Å². The van der Waals surface area contributed by atoms with E-state index in [1.165, 1.54) is 32.1 Å². The number of ether oxygens (including phenoxy) is 5. The first-order valence-electron chi connectivity index (χ1n) is 23.9. The van der Waals surface area contributed by atoms with Crippen molar-refractivity contribution in [3.63, 3.8) is 0 Å². The number of carbonyl (C=O) groups is 4. The normalized spacial score (nSPS) is 43.5. The van der Waals surface area contributed by atoms with Gasteiger partial charge in [-0.15, -0.1) is 0 Å². The highest BCUT2D eigenvalue weighted by Crippen LogP contribution is 2.71. The molecule has 10 heteroatoms. The average Bonchev–Trinajstić information content (AvgIpc) is 4.04. The molecule has 8 saturated carbocycles. The molecule has 0 aromatic carbocycles. The Morgan fingerprint density at radius 2 is 1.25 bits per heavy atom. The van der Waals surface area contributed by atoms with Crippen molar-refractivity contribution in [1.29, 1.82) is 0 Å². The maximum absolute atomic E-state index is 12.7. The number of hydrogen-bond donors (Lipinski definition) is 1. The van der Waals surface area contributed by atoms with Crippen molar-refractivity contribution >= 4 is 23.9 Å². The zero-order valence-electron chi connectivity index (χ0n) is 37.9. The maximum atomic E-state index is 12.7. The van der Waals surface area contributed by atoms with Gasteiger partial charge in [0.15, 0.2) is 12.2 Å². The molecule has 61 heavy (non-hydrogen) atoms. The fourth-order valence-corrected chi connectivity index (χ4v) is 14.3. The molecule has 0 amide bonds. The Labute approximate surface area is 368 Å². The number of rotatable bonds is 10. The van der Waals surface area contributed by atoms with Gasteiger partial charge in [-0.05, 0) is 179 Å². The first kappa shape index (κ1) is 48.3. The Balaban J connectivity index is 0.000000151. The number of esters is 4. The second-order valence-corrected chi connectivity index (χ2v) is 23.3. The zero-order chi connectivity index (χ0) is 42.7. The zero-order valence-corrected chi connectivity index (χ0v) is 37.9.